The highest BCUT2D eigenvalue weighted by Gasteiger charge is 2.10. The van der Waals surface area contributed by atoms with Gasteiger partial charge in [-0.25, -0.2) is 0 Å². The zero-order chi connectivity index (χ0) is 16.1. The quantitative estimate of drug-likeness (QED) is 0.791. The van der Waals surface area contributed by atoms with E-state index in [1.165, 1.54) is 4.80 Å². The number of primary amides is 1. The minimum absolute atomic E-state index is 0.0130. The molecule has 0 saturated heterocycles. The number of benzene rings is 1. The van der Waals surface area contributed by atoms with E-state index in [0.29, 0.717) is 29.4 Å². The predicted octanol–water partition coefficient (Wildman–Crippen LogP) is 0.211. The maximum atomic E-state index is 11.7. The number of carbonyl (C=O) groups excluding carboxylic acids is 2. The zero-order valence-corrected chi connectivity index (χ0v) is 12.5. The van der Waals surface area contributed by atoms with Crippen LogP contribution in [0.2, 0.25) is 0 Å². The molecule has 0 aliphatic carbocycles. The van der Waals surface area contributed by atoms with Crippen molar-refractivity contribution in [2.24, 2.45) is 11.7 Å². The van der Waals surface area contributed by atoms with E-state index < -0.39 is 5.91 Å². The van der Waals surface area contributed by atoms with Crippen molar-refractivity contribution in [3.8, 4) is 11.4 Å². The fourth-order valence-electron chi connectivity index (χ4n) is 1.71. The molecule has 0 aliphatic heterocycles. The van der Waals surface area contributed by atoms with Crippen LogP contribution in [-0.4, -0.2) is 38.6 Å². The van der Waals surface area contributed by atoms with Crippen molar-refractivity contribution in [3.05, 3.63) is 29.8 Å². The molecular formula is C14H18N6O2. The molecule has 1 aromatic carbocycles. The Morgan fingerprint density at radius 1 is 1.27 bits per heavy atom. The monoisotopic (exact) mass is 302 g/mol. The third-order valence-electron chi connectivity index (χ3n) is 2.87. The van der Waals surface area contributed by atoms with E-state index in [2.05, 4.69) is 20.7 Å². The molecule has 0 aliphatic rings. The molecule has 0 unspecified atom stereocenters. The van der Waals surface area contributed by atoms with Crippen molar-refractivity contribution in [1.82, 2.24) is 25.5 Å². The van der Waals surface area contributed by atoms with Crippen molar-refractivity contribution in [3.63, 3.8) is 0 Å². The van der Waals surface area contributed by atoms with E-state index >= 15 is 0 Å². The number of nitrogens with zero attached hydrogens (tertiary/aromatic N) is 4. The molecule has 22 heavy (non-hydrogen) atoms. The first-order valence-electron chi connectivity index (χ1n) is 6.90. The van der Waals surface area contributed by atoms with Crippen LogP contribution in [0.3, 0.4) is 0 Å². The maximum absolute atomic E-state index is 11.7. The largest absolute Gasteiger partial charge is 0.366 e. The molecule has 0 spiro atoms. The number of aromatic nitrogens is 4. The van der Waals surface area contributed by atoms with Crippen LogP contribution in [0.25, 0.3) is 11.4 Å². The van der Waals surface area contributed by atoms with Crippen molar-refractivity contribution in [2.75, 3.05) is 6.54 Å². The Hall–Kier alpha value is -2.77. The average molecular weight is 302 g/mol. The molecule has 0 bridgehead atoms. The second kappa shape index (κ2) is 6.79. The molecule has 8 nitrogen and oxygen atoms in total. The summed E-state index contributed by atoms with van der Waals surface area (Å²) in [5.74, 6) is 0.103. The van der Waals surface area contributed by atoms with Gasteiger partial charge in [0.1, 0.15) is 6.54 Å². The molecule has 116 valence electrons. The van der Waals surface area contributed by atoms with E-state index in [4.69, 9.17) is 5.73 Å². The van der Waals surface area contributed by atoms with E-state index in [0.717, 1.165) is 0 Å². The molecule has 0 radical (unpaired) electrons. The number of hydrogen-bond donors (Lipinski definition) is 2. The Morgan fingerprint density at radius 2 is 1.95 bits per heavy atom. The molecule has 2 amide bonds. The van der Waals surface area contributed by atoms with Crippen LogP contribution >= 0.6 is 0 Å². The second-order valence-corrected chi connectivity index (χ2v) is 5.28. The lowest BCUT2D eigenvalue weighted by atomic mass is 10.1. The summed E-state index contributed by atoms with van der Waals surface area (Å²) in [6.07, 6.45) is 0. The Kier molecular flexibility index (Phi) is 4.82. The van der Waals surface area contributed by atoms with Gasteiger partial charge in [-0.1, -0.05) is 26.0 Å². The molecule has 1 heterocycles. The zero-order valence-electron chi connectivity index (χ0n) is 12.5. The van der Waals surface area contributed by atoms with Gasteiger partial charge in [-0.3, -0.25) is 9.59 Å². The summed E-state index contributed by atoms with van der Waals surface area (Å²) in [5.41, 5.74) is 6.28. The number of carbonyl (C=O) groups is 2. The van der Waals surface area contributed by atoms with Gasteiger partial charge in [-0.2, -0.15) is 4.80 Å². The SMILES string of the molecule is CC(C)CNC(=O)Cn1nnc(-c2ccc(C(N)=O)cc2)n1. The number of nitrogens with one attached hydrogen (secondary N) is 1. The highest BCUT2D eigenvalue weighted by atomic mass is 16.2. The smallest absolute Gasteiger partial charge is 0.248 e. The Morgan fingerprint density at radius 3 is 2.55 bits per heavy atom. The first-order valence-corrected chi connectivity index (χ1v) is 6.90. The van der Waals surface area contributed by atoms with Gasteiger partial charge in [0.25, 0.3) is 0 Å². The molecule has 0 saturated carbocycles. The number of hydrogen-bond acceptors (Lipinski definition) is 5. The molecule has 2 aromatic rings. The molecule has 0 fully saturated rings. The number of tetrazole rings is 1. The van der Waals surface area contributed by atoms with E-state index in [1.807, 2.05) is 13.8 Å². The molecule has 0 atom stereocenters. The average Bonchev–Trinajstić information content (AvgIpc) is 2.93. The third kappa shape index (κ3) is 4.11. The van der Waals surface area contributed by atoms with Crippen LogP contribution in [0.15, 0.2) is 24.3 Å². The van der Waals surface area contributed by atoms with Crippen molar-refractivity contribution >= 4 is 11.8 Å². The van der Waals surface area contributed by atoms with E-state index in [9.17, 15) is 9.59 Å². The topological polar surface area (TPSA) is 116 Å². The van der Waals surface area contributed by atoms with Crippen LogP contribution in [0.5, 0.6) is 0 Å². The Balaban J connectivity index is 2.01. The summed E-state index contributed by atoms with van der Waals surface area (Å²) >= 11 is 0. The van der Waals surface area contributed by atoms with Crippen molar-refractivity contribution in [1.29, 1.82) is 0 Å². The van der Waals surface area contributed by atoms with Crippen LogP contribution in [0, 0.1) is 5.92 Å². The van der Waals surface area contributed by atoms with Gasteiger partial charge in [-0.15, -0.1) is 10.2 Å². The Bertz CT molecular complexity index is 662. The summed E-state index contributed by atoms with van der Waals surface area (Å²) in [5, 5.41) is 14.7. The number of rotatable bonds is 6. The highest BCUT2D eigenvalue weighted by molar-refractivity contribution is 5.93. The number of nitrogens with two attached hydrogens (primary N) is 1. The normalized spacial score (nSPS) is 10.7. The lowest BCUT2D eigenvalue weighted by Gasteiger charge is -2.06. The van der Waals surface area contributed by atoms with E-state index in [1.54, 1.807) is 24.3 Å². The summed E-state index contributed by atoms with van der Waals surface area (Å²) in [6.45, 7) is 4.65. The van der Waals surface area contributed by atoms with Gasteiger partial charge in [-0.05, 0) is 23.3 Å². The summed E-state index contributed by atoms with van der Waals surface area (Å²) in [6, 6.07) is 6.54. The lowest BCUT2D eigenvalue weighted by Crippen LogP contribution is -2.31. The van der Waals surface area contributed by atoms with Crippen LogP contribution in [0.1, 0.15) is 24.2 Å². The van der Waals surface area contributed by atoms with Gasteiger partial charge < -0.3 is 11.1 Å². The van der Waals surface area contributed by atoms with Crippen LogP contribution < -0.4 is 11.1 Å². The van der Waals surface area contributed by atoms with Crippen LogP contribution in [-0.2, 0) is 11.3 Å². The molecule has 8 heteroatoms. The Labute approximate surface area is 127 Å². The van der Waals surface area contributed by atoms with Crippen molar-refractivity contribution < 1.29 is 9.59 Å². The third-order valence-corrected chi connectivity index (χ3v) is 2.87. The summed E-state index contributed by atoms with van der Waals surface area (Å²) < 4.78 is 0. The molecule has 1 aromatic heterocycles. The fraction of sp³-hybridized carbons (Fsp3) is 0.357. The predicted molar refractivity (Wildman–Crippen MR) is 79.6 cm³/mol. The minimum Gasteiger partial charge on any atom is -0.366 e. The minimum atomic E-state index is -0.495. The van der Waals surface area contributed by atoms with Gasteiger partial charge in [0.05, 0.1) is 0 Å². The molecular weight excluding hydrogens is 284 g/mol. The lowest BCUT2D eigenvalue weighted by molar-refractivity contribution is -0.122. The maximum Gasteiger partial charge on any atom is 0.248 e. The van der Waals surface area contributed by atoms with Gasteiger partial charge in [0, 0.05) is 17.7 Å². The van der Waals surface area contributed by atoms with Gasteiger partial charge in [0.15, 0.2) is 0 Å². The fourth-order valence-corrected chi connectivity index (χ4v) is 1.71. The standard InChI is InChI=1S/C14H18N6O2/c1-9(2)7-16-12(21)8-20-18-14(17-19-20)11-5-3-10(4-6-11)13(15)22/h3-6,9H,7-8H2,1-2H3,(H2,15,22)(H,16,21). The first-order chi connectivity index (χ1) is 10.5. The van der Waals surface area contributed by atoms with E-state index in [-0.39, 0.29) is 12.5 Å². The second-order valence-electron chi connectivity index (χ2n) is 5.28. The highest BCUT2D eigenvalue weighted by Crippen LogP contribution is 2.14. The van der Waals surface area contributed by atoms with Gasteiger partial charge in [0.2, 0.25) is 17.6 Å². The first kappa shape index (κ1) is 15.6. The molecule has 3 N–H and O–H groups in total. The van der Waals surface area contributed by atoms with Gasteiger partial charge >= 0.3 is 0 Å². The summed E-state index contributed by atoms with van der Waals surface area (Å²) in [7, 11) is 0. The summed E-state index contributed by atoms with van der Waals surface area (Å²) in [4.78, 5) is 23.9. The van der Waals surface area contributed by atoms with Crippen molar-refractivity contribution in [2.45, 2.75) is 20.4 Å². The molecule has 2 rings (SSSR count). The van der Waals surface area contributed by atoms with Crippen LogP contribution in [0.4, 0.5) is 0 Å². The number of amides is 2.